The van der Waals surface area contributed by atoms with Crippen molar-refractivity contribution in [2.24, 2.45) is 0 Å². The van der Waals surface area contributed by atoms with Crippen LogP contribution in [0.3, 0.4) is 0 Å². The average molecular weight is 206 g/mol. The summed E-state index contributed by atoms with van der Waals surface area (Å²) in [4.78, 5) is 0.676. The van der Waals surface area contributed by atoms with Gasteiger partial charge >= 0.3 is 6.18 Å². The van der Waals surface area contributed by atoms with Crippen molar-refractivity contribution in [3.63, 3.8) is 0 Å². The minimum Gasteiger partial charge on any atom is -0.166 e. The molecule has 0 aliphatic carbocycles. The first kappa shape index (κ1) is 10.4. The molecule has 4 heteroatoms. The van der Waals surface area contributed by atoms with Gasteiger partial charge in [-0.2, -0.15) is 13.2 Å². The summed E-state index contributed by atoms with van der Waals surface area (Å²) in [7, 11) is 0. The van der Waals surface area contributed by atoms with Crippen LogP contribution in [0.15, 0.2) is 23.1 Å². The lowest BCUT2D eigenvalue weighted by Crippen LogP contribution is -2.07. The summed E-state index contributed by atoms with van der Waals surface area (Å²) in [6.07, 6.45) is -2.47. The van der Waals surface area contributed by atoms with Gasteiger partial charge in [0.2, 0.25) is 0 Å². The largest absolute Gasteiger partial charge is 0.416 e. The minimum absolute atomic E-state index is 0.308. The fourth-order valence-electron chi connectivity index (χ4n) is 1.14. The maximum Gasteiger partial charge on any atom is 0.416 e. The van der Waals surface area contributed by atoms with E-state index < -0.39 is 11.7 Å². The molecular weight excluding hydrogens is 197 g/mol. The van der Waals surface area contributed by atoms with Crippen molar-refractivity contribution in [3.8, 4) is 0 Å². The molecule has 0 bridgehead atoms. The van der Waals surface area contributed by atoms with Crippen LogP contribution in [0.2, 0.25) is 0 Å². The molecule has 0 aliphatic heterocycles. The Morgan fingerprint density at radius 1 is 1.23 bits per heavy atom. The van der Waals surface area contributed by atoms with E-state index in [2.05, 4.69) is 0 Å². The van der Waals surface area contributed by atoms with Gasteiger partial charge in [0.05, 0.1) is 5.56 Å². The number of alkyl halides is 3. The van der Waals surface area contributed by atoms with E-state index in [-0.39, 0.29) is 0 Å². The molecule has 1 aromatic rings. The highest BCUT2D eigenvalue weighted by atomic mass is 32.2. The predicted molar refractivity (Wildman–Crippen MR) is 48.0 cm³/mol. The normalized spacial score (nSPS) is 11.8. The van der Waals surface area contributed by atoms with Gasteiger partial charge in [-0.15, -0.1) is 11.8 Å². The molecule has 0 amide bonds. The van der Waals surface area contributed by atoms with Crippen LogP contribution in [-0.2, 0) is 6.18 Å². The summed E-state index contributed by atoms with van der Waals surface area (Å²) in [5.74, 6) is 0. The molecule has 0 aliphatic rings. The van der Waals surface area contributed by atoms with E-state index in [9.17, 15) is 13.2 Å². The number of rotatable bonds is 1. The van der Waals surface area contributed by atoms with Crippen molar-refractivity contribution in [1.82, 2.24) is 0 Å². The Labute approximate surface area is 79.1 Å². The summed E-state index contributed by atoms with van der Waals surface area (Å²) in [5.41, 5.74) is -0.234. The van der Waals surface area contributed by atoms with Crippen LogP contribution < -0.4 is 0 Å². The lowest BCUT2D eigenvalue weighted by atomic mass is 10.1. The second kappa shape index (κ2) is 3.62. The third-order valence-electron chi connectivity index (χ3n) is 1.81. The van der Waals surface area contributed by atoms with Crippen LogP contribution in [-0.4, -0.2) is 6.26 Å². The Bertz CT molecular complexity index is 304. The Morgan fingerprint density at radius 2 is 1.85 bits per heavy atom. The fourth-order valence-corrected chi connectivity index (χ4v) is 1.77. The molecular formula is C9H9F3S. The first-order valence-electron chi connectivity index (χ1n) is 3.67. The average Bonchev–Trinajstić information content (AvgIpc) is 2.02. The Kier molecular flexibility index (Phi) is 2.91. The molecule has 0 saturated carbocycles. The van der Waals surface area contributed by atoms with Gasteiger partial charge in [0.25, 0.3) is 0 Å². The lowest BCUT2D eigenvalue weighted by Gasteiger charge is -2.12. The van der Waals surface area contributed by atoms with Crippen molar-refractivity contribution in [3.05, 3.63) is 29.3 Å². The molecule has 0 nitrogen and oxygen atoms in total. The van der Waals surface area contributed by atoms with Crippen LogP contribution >= 0.6 is 11.8 Å². The van der Waals surface area contributed by atoms with Crippen LogP contribution in [0.4, 0.5) is 13.2 Å². The monoisotopic (exact) mass is 206 g/mol. The zero-order chi connectivity index (χ0) is 10.1. The van der Waals surface area contributed by atoms with Gasteiger partial charge in [0, 0.05) is 4.90 Å². The van der Waals surface area contributed by atoms with E-state index >= 15 is 0 Å². The molecule has 0 saturated heterocycles. The highest BCUT2D eigenvalue weighted by molar-refractivity contribution is 7.98. The molecule has 0 heterocycles. The molecule has 1 rings (SSSR count). The molecule has 72 valence electrons. The van der Waals surface area contributed by atoms with E-state index in [1.54, 1.807) is 12.3 Å². The first-order chi connectivity index (χ1) is 5.96. The van der Waals surface area contributed by atoms with Crippen molar-refractivity contribution in [2.75, 3.05) is 6.26 Å². The summed E-state index contributed by atoms with van der Waals surface area (Å²) in [6.45, 7) is 1.49. The van der Waals surface area contributed by atoms with Crippen molar-refractivity contribution in [1.29, 1.82) is 0 Å². The van der Waals surface area contributed by atoms with Crippen LogP contribution in [0.1, 0.15) is 11.1 Å². The van der Waals surface area contributed by atoms with Gasteiger partial charge in [0.1, 0.15) is 0 Å². The van der Waals surface area contributed by atoms with Crippen molar-refractivity contribution in [2.45, 2.75) is 18.0 Å². The van der Waals surface area contributed by atoms with E-state index in [1.807, 2.05) is 0 Å². The molecule has 0 unspecified atom stereocenters. The highest BCUT2D eigenvalue weighted by Gasteiger charge is 2.32. The number of halogens is 3. The number of benzene rings is 1. The van der Waals surface area contributed by atoms with Crippen LogP contribution in [0.25, 0.3) is 0 Å². The molecule has 0 spiro atoms. The fraction of sp³-hybridized carbons (Fsp3) is 0.333. The Hall–Kier alpha value is -0.640. The van der Waals surface area contributed by atoms with Crippen LogP contribution in [0, 0.1) is 6.92 Å². The van der Waals surface area contributed by atoms with E-state index in [1.165, 1.54) is 24.8 Å². The minimum atomic E-state index is -4.24. The van der Waals surface area contributed by atoms with Crippen LogP contribution in [0.5, 0.6) is 0 Å². The Balaban J connectivity index is 3.24. The molecule has 0 aromatic heterocycles. The zero-order valence-corrected chi connectivity index (χ0v) is 8.09. The number of thioether (sulfide) groups is 1. The lowest BCUT2D eigenvalue weighted by molar-refractivity contribution is -0.138. The topological polar surface area (TPSA) is 0 Å². The second-order valence-corrected chi connectivity index (χ2v) is 3.48. The highest BCUT2D eigenvalue weighted by Crippen LogP contribution is 2.34. The van der Waals surface area contributed by atoms with Gasteiger partial charge in [-0.1, -0.05) is 6.07 Å². The third-order valence-corrected chi connectivity index (χ3v) is 2.69. The van der Waals surface area contributed by atoms with Gasteiger partial charge in [-0.3, -0.25) is 0 Å². The van der Waals surface area contributed by atoms with E-state index in [0.717, 1.165) is 6.07 Å². The Morgan fingerprint density at radius 3 is 2.31 bits per heavy atom. The maximum absolute atomic E-state index is 12.4. The van der Waals surface area contributed by atoms with Gasteiger partial charge < -0.3 is 0 Å². The summed E-state index contributed by atoms with van der Waals surface area (Å²) >= 11 is 1.33. The first-order valence-corrected chi connectivity index (χ1v) is 4.90. The van der Waals surface area contributed by atoms with Crippen molar-refractivity contribution < 1.29 is 13.2 Å². The second-order valence-electron chi connectivity index (χ2n) is 2.63. The van der Waals surface area contributed by atoms with E-state index in [0.29, 0.717) is 10.5 Å². The van der Waals surface area contributed by atoms with Crippen molar-refractivity contribution >= 4 is 11.8 Å². The molecule has 0 radical (unpaired) electrons. The molecule has 1 aromatic carbocycles. The summed E-state index contributed by atoms with van der Waals surface area (Å²) < 4.78 is 37.1. The maximum atomic E-state index is 12.4. The van der Waals surface area contributed by atoms with Gasteiger partial charge in [-0.05, 0) is 30.9 Å². The smallest absolute Gasteiger partial charge is 0.166 e. The SMILES string of the molecule is CSc1cccc(C(F)(F)F)c1C. The van der Waals surface area contributed by atoms with Gasteiger partial charge in [-0.25, -0.2) is 0 Å². The molecule has 13 heavy (non-hydrogen) atoms. The summed E-state index contributed by atoms with van der Waals surface area (Å²) in [5, 5.41) is 0. The predicted octanol–water partition coefficient (Wildman–Crippen LogP) is 3.74. The van der Waals surface area contributed by atoms with Gasteiger partial charge in [0.15, 0.2) is 0 Å². The molecule has 0 fully saturated rings. The third kappa shape index (κ3) is 2.18. The number of hydrogen-bond acceptors (Lipinski definition) is 1. The quantitative estimate of drug-likeness (QED) is 0.631. The number of hydrogen-bond donors (Lipinski definition) is 0. The standard InChI is InChI=1S/C9H9F3S/c1-6-7(9(10,11)12)4-3-5-8(6)13-2/h3-5H,1-2H3. The zero-order valence-electron chi connectivity index (χ0n) is 7.27. The molecule has 0 atom stereocenters. The summed E-state index contributed by atoms with van der Waals surface area (Å²) in [6, 6.07) is 4.23. The molecule has 0 N–H and O–H groups in total. The van der Waals surface area contributed by atoms with E-state index in [4.69, 9.17) is 0 Å².